The summed E-state index contributed by atoms with van der Waals surface area (Å²) in [6.07, 6.45) is 0.706. The molecule has 0 bridgehead atoms. The standard InChI is InChI=1S/C11H25N3O3S/c1-11(2)10-17-9-3-4-13-18(15,16)14-7-5-12-6-8-14/h11-13H,3-10H2,1-2H3. The van der Waals surface area contributed by atoms with E-state index in [1.807, 2.05) is 0 Å². The third-order valence-corrected chi connectivity index (χ3v) is 4.23. The number of nitrogens with one attached hydrogen (secondary N) is 2. The van der Waals surface area contributed by atoms with Gasteiger partial charge in [-0.25, -0.2) is 4.72 Å². The third-order valence-electron chi connectivity index (χ3n) is 2.62. The van der Waals surface area contributed by atoms with Crippen LogP contribution >= 0.6 is 0 Å². The Morgan fingerprint density at radius 2 is 2.00 bits per heavy atom. The van der Waals surface area contributed by atoms with Crippen LogP contribution in [0.2, 0.25) is 0 Å². The van der Waals surface area contributed by atoms with Crippen molar-refractivity contribution in [3.8, 4) is 0 Å². The summed E-state index contributed by atoms with van der Waals surface area (Å²) in [6.45, 7) is 8.46. The SMILES string of the molecule is CC(C)COCCCNS(=O)(=O)N1CCNCC1. The molecule has 1 saturated heterocycles. The molecular weight excluding hydrogens is 254 g/mol. The van der Waals surface area contributed by atoms with Gasteiger partial charge in [-0.1, -0.05) is 13.8 Å². The number of rotatable bonds is 8. The summed E-state index contributed by atoms with van der Waals surface area (Å²) in [7, 11) is -3.30. The van der Waals surface area contributed by atoms with E-state index in [0.717, 1.165) is 19.7 Å². The van der Waals surface area contributed by atoms with E-state index in [2.05, 4.69) is 23.9 Å². The van der Waals surface area contributed by atoms with E-state index in [9.17, 15) is 8.42 Å². The van der Waals surface area contributed by atoms with Gasteiger partial charge in [-0.2, -0.15) is 12.7 Å². The van der Waals surface area contributed by atoms with Crippen molar-refractivity contribution in [2.45, 2.75) is 20.3 Å². The molecule has 0 spiro atoms. The lowest BCUT2D eigenvalue weighted by Gasteiger charge is -2.26. The Balaban J connectivity index is 2.13. The summed E-state index contributed by atoms with van der Waals surface area (Å²) in [5.74, 6) is 0.516. The monoisotopic (exact) mass is 279 g/mol. The van der Waals surface area contributed by atoms with Crippen LogP contribution in [0.3, 0.4) is 0 Å². The van der Waals surface area contributed by atoms with Gasteiger partial charge >= 0.3 is 0 Å². The number of hydrogen-bond acceptors (Lipinski definition) is 4. The fourth-order valence-corrected chi connectivity index (χ4v) is 2.92. The zero-order chi connectivity index (χ0) is 13.4. The highest BCUT2D eigenvalue weighted by molar-refractivity contribution is 7.87. The van der Waals surface area contributed by atoms with Crippen molar-refractivity contribution in [2.24, 2.45) is 5.92 Å². The fraction of sp³-hybridized carbons (Fsp3) is 1.00. The van der Waals surface area contributed by atoms with Gasteiger partial charge in [-0.15, -0.1) is 0 Å². The molecule has 1 rings (SSSR count). The first kappa shape index (κ1) is 15.8. The molecule has 108 valence electrons. The van der Waals surface area contributed by atoms with Crippen LogP contribution in [0.15, 0.2) is 0 Å². The molecular formula is C11H25N3O3S. The average molecular weight is 279 g/mol. The molecule has 0 aromatic carbocycles. The lowest BCUT2D eigenvalue weighted by Crippen LogP contribution is -2.50. The average Bonchev–Trinajstić information content (AvgIpc) is 2.34. The molecule has 1 aliphatic rings. The van der Waals surface area contributed by atoms with Crippen molar-refractivity contribution in [3.05, 3.63) is 0 Å². The third kappa shape index (κ3) is 6.10. The summed E-state index contributed by atoms with van der Waals surface area (Å²) in [6, 6.07) is 0. The van der Waals surface area contributed by atoms with Crippen molar-refractivity contribution in [1.82, 2.24) is 14.3 Å². The second-order valence-corrected chi connectivity index (χ2v) is 6.63. The molecule has 0 unspecified atom stereocenters. The first-order chi connectivity index (χ1) is 8.52. The first-order valence-electron chi connectivity index (χ1n) is 6.55. The molecule has 1 aliphatic heterocycles. The smallest absolute Gasteiger partial charge is 0.279 e. The normalized spacial score (nSPS) is 18.4. The van der Waals surface area contributed by atoms with Gasteiger partial charge in [0.15, 0.2) is 0 Å². The topological polar surface area (TPSA) is 70.7 Å². The number of nitrogens with zero attached hydrogens (tertiary/aromatic N) is 1. The highest BCUT2D eigenvalue weighted by Gasteiger charge is 2.22. The second kappa shape index (κ2) is 8.06. The Morgan fingerprint density at radius 1 is 1.33 bits per heavy atom. The maximum absolute atomic E-state index is 11.9. The van der Waals surface area contributed by atoms with Crippen molar-refractivity contribution in [2.75, 3.05) is 45.9 Å². The number of piperazine rings is 1. The summed E-state index contributed by atoms with van der Waals surface area (Å²) >= 11 is 0. The largest absolute Gasteiger partial charge is 0.381 e. The molecule has 0 saturated carbocycles. The summed E-state index contributed by atoms with van der Waals surface area (Å²) in [5.41, 5.74) is 0. The highest BCUT2D eigenvalue weighted by atomic mass is 32.2. The number of hydrogen-bond donors (Lipinski definition) is 2. The quantitative estimate of drug-likeness (QED) is 0.603. The van der Waals surface area contributed by atoms with E-state index >= 15 is 0 Å². The maximum Gasteiger partial charge on any atom is 0.279 e. The van der Waals surface area contributed by atoms with Gasteiger partial charge < -0.3 is 10.1 Å². The van der Waals surface area contributed by atoms with E-state index in [0.29, 0.717) is 38.6 Å². The first-order valence-corrected chi connectivity index (χ1v) is 7.99. The minimum absolute atomic E-state index is 0.435. The Hall–Kier alpha value is -0.210. The Kier molecular flexibility index (Phi) is 7.10. The zero-order valence-electron chi connectivity index (χ0n) is 11.3. The second-order valence-electron chi connectivity index (χ2n) is 4.87. The van der Waals surface area contributed by atoms with E-state index in [1.165, 1.54) is 4.31 Å². The molecule has 0 aromatic rings. The van der Waals surface area contributed by atoms with Gasteiger partial charge in [-0.05, 0) is 12.3 Å². The van der Waals surface area contributed by atoms with Crippen LogP contribution in [0.4, 0.5) is 0 Å². The van der Waals surface area contributed by atoms with Crippen LogP contribution in [0.5, 0.6) is 0 Å². The van der Waals surface area contributed by atoms with Crippen LogP contribution in [0.1, 0.15) is 20.3 Å². The summed E-state index contributed by atoms with van der Waals surface area (Å²) < 4.78 is 33.2. The molecule has 1 fully saturated rings. The number of ether oxygens (including phenoxy) is 1. The van der Waals surface area contributed by atoms with Gasteiger partial charge in [0.2, 0.25) is 0 Å². The van der Waals surface area contributed by atoms with Gasteiger partial charge in [0, 0.05) is 45.9 Å². The molecule has 2 N–H and O–H groups in total. The van der Waals surface area contributed by atoms with Crippen molar-refractivity contribution >= 4 is 10.2 Å². The van der Waals surface area contributed by atoms with Crippen LogP contribution < -0.4 is 10.0 Å². The van der Waals surface area contributed by atoms with Crippen molar-refractivity contribution in [1.29, 1.82) is 0 Å². The van der Waals surface area contributed by atoms with E-state index in [-0.39, 0.29) is 0 Å². The lowest BCUT2D eigenvalue weighted by molar-refractivity contribution is 0.108. The molecule has 0 aliphatic carbocycles. The molecule has 0 amide bonds. The highest BCUT2D eigenvalue weighted by Crippen LogP contribution is 2.00. The molecule has 18 heavy (non-hydrogen) atoms. The molecule has 0 atom stereocenters. The predicted molar refractivity (Wildman–Crippen MR) is 71.6 cm³/mol. The van der Waals surface area contributed by atoms with E-state index in [4.69, 9.17) is 4.74 Å². The predicted octanol–water partition coefficient (Wildman–Crippen LogP) is -0.211. The summed E-state index contributed by atoms with van der Waals surface area (Å²) in [5, 5.41) is 3.13. The molecule has 0 radical (unpaired) electrons. The van der Waals surface area contributed by atoms with Gasteiger partial charge in [0.25, 0.3) is 10.2 Å². The van der Waals surface area contributed by atoms with Crippen LogP contribution in [-0.4, -0.2) is 58.7 Å². The van der Waals surface area contributed by atoms with E-state index < -0.39 is 10.2 Å². The molecule has 7 heteroatoms. The molecule has 6 nitrogen and oxygen atoms in total. The van der Waals surface area contributed by atoms with Gasteiger partial charge in [0.05, 0.1) is 0 Å². The Morgan fingerprint density at radius 3 is 2.61 bits per heavy atom. The Labute approximate surface area is 110 Å². The lowest BCUT2D eigenvalue weighted by atomic mass is 10.2. The van der Waals surface area contributed by atoms with E-state index in [1.54, 1.807) is 0 Å². The maximum atomic E-state index is 11.9. The van der Waals surface area contributed by atoms with Crippen molar-refractivity contribution < 1.29 is 13.2 Å². The van der Waals surface area contributed by atoms with Crippen LogP contribution in [-0.2, 0) is 14.9 Å². The van der Waals surface area contributed by atoms with Crippen molar-refractivity contribution in [3.63, 3.8) is 0 Å². The molecule has 1 heterocycles. The van der Waals surface area contributed by atoms with Crippen LogP contribution in [0.25, 0.3) is 0 Å². The van der Waals surface area contributed by atoms with Gasteiger partial charge in [-0.3, -0.25) is 0 Å². The minimum Gasteiger partial charge on any atom is -0.381 e. The zero-order valence-corrected chi connectivity index (χ0v) is 12.1. The van der Waals surface area contributed by atoms with Crippen LogP contribution in [0, 0.1) is 5.92 Å². The Bertz CT molecular complexity index is 313. The van der Waals surface area contributed by atoms with Gasteiger partial charge in [0.1, 0.15) is 0 Å². The summed E-state index contributed by atoms with van der Waals surface area (Å²) in [4.78, 5) is 0. The molecule has 0 aromatic heterocycles. The fourth-order valence-electron chi connectivity index (χ4n) is 1.67. The minimum atomic E-state index is -3.30.